The smallest absolute Gasteiger partial charge is 0.316 e. The van der Waals surface area contributed by atoms with Crippen molar-refractivity contribution in [3.05, 3.63) is 155 Å². The zero-order chi connectivity index (χ0) is 61.6. The van der Waals surface area contributed by atoms with Crippen LogP contribution in [0.25, 0.3) is 22.7 Å². The van der Waals surface area contributed by atoms with Crippen LogP contribution in [-0.4, -0.2) is 91.5 Å². The molecule has 0 bridgehead atoms. The Morgan fingerprint density at radius 1 is 0.329 bits per heavy atom. The Bertz CT molecular complexity index is 3150. The number of benzene rings is 4. The largest absolute Gasteiger partial charge is 0.380 e. The summed E-state index contributed by atoms with van der Waals surface area (Å²) < 4.78 is 42.7. The van der Waals surface area contributed by atoms with E-state index in [1.807, 2.05) is 92.8 Å². The summed E-state index contributed by atoms with van der Waals surface area (Å²) >= 11 is 80.3. The number of halogens is 12. The van der Waals surface area contributed by atoms with Gasteiger partial charge in [0, 0.05) is 47.8 Å². The molecule has 4 aromatic heterocycles. The predicted molar refractivity (Wildman–Crippen MR) is 337 cm³/mol. The summed E-state index contributed by atoms with van der Waals surface area (Å²) in [6.07, 6.45) is 1.45. The van der Waals surface area contributed by atoms with E-state index in [1.165, 1.54) is 0 Å². The fraction of sp³-hybridized carbons (Fsp3) is 0.439. The SMILES string of the molecule is CC[n+]1c(C)nc(CCOCC(COCCc2nc(C)[n+](CC)n2-c2c(Cl)cc(Cl)cc2Cl)(COCCc2nc(C)[n+](CC)n2-c2c(Cl)cc(Cl)cc2Cl)COCCc2nc(C)[n+](CC)n2-c2c(Cl)cc(Cl)cc2Cl)n1-c1c(Cl)cc(Cl)cc1Cl. The lowest BCUT2D eigenvalue weighted by Gasteiger charge is -2.33. The molecule has 0 amide bonds. The molecule has 0 fully saturated rings. The van der Waals surface area contributed by atoms with Crippen molar-refractivity contribution in [3.63, 3.8) is 0 Å². The molecule has 16 nitrogen and oxygen atoms in total. The Morgan fingerprint density at radius 3 is 0.671 bits per heavy atom. The van der Waals surface area contributed by atoms with Crippen LogP contribution in [0.5, 0.6) is 0 Å². The van der Waals surface area contributed by atoms with Gasteiger partial charge in [0.05, 0.1) is 124 Å². The zero-order valence-electron chi connectivity index (χ0n) is 48.0. The Kier molecular flexibility index (Phi) is 23.9. The number of hydrogen-bond donors (Lipinski definition) is 0. The van der Waals surface area contributed by atoms with Crippen molar-refractivity contribution >= 4 is 139 Å². The molecule has 456 valence electrons. The Labute approximate surface area is 554 Å². The van der Waals surface area contributed by atoms with Gasteiger partial charge in [-0.2, -0.15) is 0 Å². The van der Waals surface area contributed by atoms with Gasteiger partial charge in [0.25, 0.3) is 23.3 Å². The van der Waals surface area contributed by atoms with Crippen LogP contribution in [0.1, 0.15) is 74.3 Å². The van der Waals surface area contributed by atoms with Crippen molar-refractivity contribution in [2.45, 2.75) is 107 Å². The lowest BCUT2D eigenvalue weighted by molar-refractivity contribution is -0.770. The molecule has 0 saturated heterocycles. The average molecular weight is 1410 g/mol. The van der Waals surface area contributed by atoms with Crippen molar-refractivity contribution in [2.75, 3.05) is 52.9 Å². The van der Waals surface area contributed by atoms with Crippen molar-refractivity contribution in [3.8, 4) is 22.7 Å². The van der Waals surface area contributed by atoms with Crippen molar-refractivity contribution in [1.29, 1.82) is 0 Å². The summed E-state index contributed by atoms with van der Waals surface area (Å²) in [5.74, 6) is 5.70. The Balaban J connectivity index is 1.13. The average Bonchev–Trinajstić information content (AvgIpc) is 1.98. The van der Waals surface area contributed by atoms with Crippen LogP contribution >= 0.6 is 139 Å². The molecular weight excluding hydrogens is 1340 g/mol. The third kappa shape index (κ3) is 15.3. The van der Waals surface area contributed by atoms with Gasteiger partial charge in [0.2, 0.25) is 0 Å². The molecule has 0 aliphatic carbocycles. The van der Waals surface area contributed by atoms with Crippen LogP contribution in [0.2, 0.25) is 60.3 Å². The molecule has 8 rings (SSSR count). The van der Waals surface area contributed by atoms with Crippen LogP contribution in [0.3, 0.4) is 0 Å². The molecule has 0 unspecified atom stereocenters. The Morgan fingerprint density at radius 2 is 0.506 bits per heavy atom. The number of rotatable bonds is 28. The van der Waals surface area contributed by atoms with E-state index in [0.717, 1.165) is 23.3 Å². The van der Waals surface area contributed by atoms with Crippen LogP contribution in [0.4, 0.5) is 0 Å². The molecule has 0 atom stereocenters. The summed E-state index contributed by atoms with van der Waals surface area (Å²) in [7, 11) is 0. The third-order valence-electron chi connectivity index (χ3n) is 14.1. The number of nitrogens with zero attached hydrogens (tertiary/aromatic N) is 12. The van der Waals surface area contributed by atoms with E-state index in [9.17, 15) is 0 Å². The molecule has 0 saturated carbocycles. The highest BCUT2D eigenvalue weighted by Gasteiger charge is 2.36. The van der Waals surface area contributed by atoms with Gasteiger partial charge >= 0.3 is 23.3 Å². The summed E-state index contributed by atoms with van der Waals surface area (Å²) in [5.41, 5.74) is 1.26. The van der Waals surface area contributed by atoms with E-state index < -0.39 is 5.41 Å². The topological polar surface area (TPSA) is 124 Å². The normalized spacial score (nSPS) is 12.0. The van der Waals surface area contributed by atoms with Gasteiger partial charge in [0.15, 0.2) is 0 Å². The van der Waals surface area contributed by atoms with Crippen LogP contribution in [0.15, 0.2) is 48.5 Å². The van der Waals surface area contributed by atoms with Crippen molar-refractivity contribution in [2.24, 2.45) is 5.41 Å². The van der Waals surface area contributed by atoms with Gasteiger partial charge in [0.1, 0.15) is 48.9 Å². The third-order valence-corrected chi connectivity index (χ3v) is 17.3. The van der Waals surface area contributed by atoms with Gasteiger partial charge < -0.3 is 18.9 Å². The van der Waals surface area contributed by atoms with Gasteiger partial charge in [-0.25, -0.2) is 0 Å². The van der Waals surface area contributed by atoms with Crippen LogP contribution < -0.4 is 18.7 Å². The minimum Gasteiger partial charge on any atom is -0.380 e. The van der Waals surface area contributed by atoms with Crippen LogP contribution in [-0.2, 0) is 70.8 Å². The first-order valence-corrected chi connectivity index (χ1v) is 31.9. The van der Waals surface area contributed by atoms with E-state index in [4.69, 9.17) is 178 Å². The molecule has 0 aliphatic rings. The lowest BCUT2D eigenvalue weighted by atomic mass is 9.92. The second-order valence-corrected chi connectivity index (χ2v) is 25.0. The van der Waals surface area contributed by atoms with Gasteiger partial charge in [-0.1, -0.05) is 139 Å². The van der Waals surface area contributed by atoms with Crippen molar-refractivity contribution in [1.82, 2.24) is 38.7 Å². The van der Waals surface area contributed by atoms with Crippen LogP contribution in [0, 0.1) is 33.1 Å². The highest BCUT2D eigenvalue weighted by atomic mass is 35.5. The van der Waals surface area contributed by atoms with Gasteiger partial charge in [-0.15, -0.1) is 37.5 Å². The molecule has 0 N–H and O–H groups in total. The summed E-state index contributed by atoms with van der Waals surface area (Å²) in [6, 6.07) is 13.2. The highest BCUT2D eigenvalue weighted by molar-refractivity contribution is 6.43. The minimum atomic E-state index is -0.955. The minimum absolute atomic E-state index is 0.113. The lowest BCUT2D eigenvalue weighted by Crippen LogP contribution is -2.45. The van der Waals surface area contributed by atoms with E-state index >= 15 is 0 Å². The molecule has 85 heavy (non-hydrogen) atoms. The predicted octanol–water partition coefficient (Wildman–Crippen LogP) is 14.1. The molecule has 8 aromatic rings. The highest BCUT2D eigenvalue weighted by Crippen LogP contribution is 2.37. The Hall–Kier alpha value is -3.24. The van der Waals surface area contributed by atoms with Gasteiger partial charge in [-0.05, 0) is 96.2 Å². The number of ether oxygens (including phenoxy) is 4. The second kappa shape index (κ2) is 30.0. The molecule has 4 aromatic carbocycles. The monoisotopic (exact) mass is 1400 g/mol. The molecule has 0 spiro atoms. The maximum atomic E-state index is 6.85. The number of aryl methyl sites for hydroxylation is 4. The fourth-order valence-corrected chi connectivity index (χ4v) is 14.3. The number of hydrogen-bond acceptors (Lipinski definition) is 8. The van der Waals surface area contributed by atoms with Crippen molar-refractivity contribution < 1.29 is 37.7 Å². The van der Waals surface area contributed by atoms with E-state index in [-0.39, 0.29) is 52.9 Å². The zero-order valence-corrected chi connectivity index (χ0v) is 57.0. The summed E-state index contributed by atoms with van der Waals surface area (Å²) in [5, 5.41) is 4.60. The second-order valence-electron chi connectivity index (χ2n) is 20.0. The van der Waals surface area contributed by atoms with E-state index in [1.54, 1.807) is 48.5 Å². The quantitative estimate of drug-likeness (QED) is 0.0351. The standard InChI is InChI=1S/C57H64Cl12N12O4/c1-9-74-33(5)70-49(78(74)53-41(62)21-37(58)22-42(53)63)13-17-82-29-57(30-83-18-14-50-71-34(6)75(10-2)79(50)54-43(64)23-38(59)24-44(54)65,31-84-19-15-51-72-35(7)76(11-3)80(51)55-45(66)25-39(60)26-46(55)67)32-85-20-16-52-73-36(8)77(12-4)81(52)56-47(68)27-40(61)28-48(56)69/h21-28H,9-20,29-32H2,1-8H3/q+4. The molecule has 0 aliphatic heterocycles. The maximum Gasteiger partial charge on any atom is 0.316 e. The first kappa shape index (κ1) is 67.7. The fourth-order valence-electron chi connectivity index (χ4n) is 10.4. The molecule has 28 heteroatoms. The summed E-state index contributed by atoms with van der Waals surface area (Å²) in [6.45, 7) is 19.4. The molecule has 0 radical (unpaired) electrons. The molecular formula is C57H64Cl12N12O4+4. The summed E-state index contributed by atoms with van der Waals surface area (Å²) in [4.78, 5) is 19.8. The van der Waals surface area contributed by atoms with E-state index in [2.05, 4.69) is 0 Å². The maximum absolute atomic E-state index is 6.85. The number of aromatic nitrogens is 12. The molecule has 4 heterocycles. The van der Waals surface area contributed by atoms with E-state index in [0.29, 0.717) is 158 Å². The van der Waals surface area contributed by atoms with Gasteiger partial charge in [-0.3, -0.25) is 0 Å². The first-order chi connectivity index (χ1) is 40.5. The first-order valence-electron chi connectivity index (χ1n) is 27.4.